The normalized spacial score (nSPS) is 22.9. The van der Waals surface area contributed by atoms with E-state index < -0.39 is 0 Å². The second-order valence-corrected chi connectivity index (χ2v) is 10.2. The van der Waals surface area contributed by atoms with Crippen molar-refractivity contribution in [3.8, 4) is 0 Å². The maximum Gasteiger partial charge on any atom is 0.173 e. The quantitative estimate of drug-likeness (QED) is 0.683. The molecule has 1 saturated heterocycles. The van der Waals surface area contributed by atoms with Gasteiger partial charge in [0, 0.05) is 52.0 Å². The van der Waals surface area contributed by atoms with Crippen LogP contribution >= 0.6 is 0 Å². The number of tetrazole rings is 1. The molecule has 7 nitrogen and oxygen atoms in total. The third-order valence-electron chi connectivity index (χ3n) is 7.96. The van der Waals surface area contributed by atoms with E-state index in [1.807, 2.05) is 0 Å². The summed E-state index contributed by atoms with van der Waals surface area (Å²) in [5.41, 5.74) is 2.53. The summed E-state index contributed by atoms with van der Waals surface area (Å²) in [5, 5.41) is 13.3. The fraction of sp³-hybridized carbons (Fsp3) is 0.720. The molecule has 0 N–H and O–H groups in total. The smallest absolute Gasteiger partial charge is 0.173 e. The summed E-state index contributed by atoms with van der Waals surface area (Å²) in [4.78, 5) is 7.52. The van der Waals surface area contributed by atoms with Crippen LogP contribution in [0.15, 0.2) is 24.3 Å². The molecule has 7 heteroatoms. The number of hydrogen-bond donors (Lipinski definition) is 0. The predicted molar refractivity (Wildman–Crippen MR) is 128 cm³/mol. The van der Waals surface area contributed by atoms with Gasteiger partial charge in [-0.25, -0.2) is 4.68 Å². The van der Waals surface area contributed by atoms with Crippen LogP contribution in [0.5, 0.6) is 0 Å². The van der Waals surface area contributed by atoms with Gasteiger partial charge in [-0.05, 0) is 53.8 Å². The average Bonchev–Trinajstić information content (AvgIpc) is 3.54. The molecule has 3 fully saturated rings. The molecule has 1 atom stereocenters. The Hall–Kier alpha value is -1.99. The summed E-state index contributed by atoms with van der Waals surface area (Å²) >= 11 is 0. The number of benzene rings is 1. The van der Waals surface area contributed by atoms with E-state index in [0.29, 0.717) is 6.04 Å². The molecule has 1 aliphatic heterocycles. The third-order valence-corrected chi connectivity index (χ3v) is 7.96. The first kappa shape index (κ1) is 21.8. The average molecular weight is 438 g/mol. The van der Waals surface area contributed by atoms with Crippen molar-refractivity contribution in [1.29, 1.82) is 0 Å². The summed E-state index contributed by atoms with van der Waals surface area (Å²) in [7, 11) is 4.19. The monoisotopic (exact) mass is 437 g/mol. The van der Waals surface area contributed by atoms with Gasteiger partial charge in [0.15, 0.2) is 5.82 Å². The fourth-order valence-electron chi connectivity index (χ4n) is 6.07. The molecular formula is C25H39N7. The van der Waals surface area contributed by atoms with Gasteiger partial charge in [-0.15, -0.1) is 5.10 Å². The number of anilines is 1. The lowest BCUT2D eigenvalue weighted by Crippen LogP contribution is -2.51. The van der Waals surface area contributed by atoms with E-state index in [9.17, 15) is 0 Å². The zero-order valence-corrected chi connectivity index (χ0v) is 19.9. The largest absolute Gasteiger partial charge is 0.378 e. The minimum absolute atomic E-state index is 0.119. The first-order valence-corrected chi connectivity index (χ1v) is 12.7. The van der Waals surface area contributed by atoms with E-state index in [2.05, 4.69) is 73.3 Å². The summed E-state index contributed by atoms with van der Waals surface area (Å²) in [5.74, 6) is 1.03. The van der Waals surface area contributed by atoms with Gasteiger partial charge >= 0.3 is 0 Å². The highest BCUT2D eigenvalue weighted by Crippen LogP contribution is 2.35. The number of hydrogen-bond acceptors (Lipinski definition) is 6. The zero-order valence-electron chi connectivity index (χ0n) is 19.9. The van der Waals surface area contributed by atoms with Crippen LogP contribution in [-0.4, -0.2) is 76.3 Å². The molecule has 0 spiro atoms. The number of rotatable bonds is 6. The highest BCUT2D eigenvalue weighted by atomic mass is 15.6. The molecule has 2 heterocycles. The zero-order chi connectivity index (χ0) is 21.9. The van der Waals surface area contributed by atoms with E-state index in [1.54, 1.807) is 0 Å². The summed E-state index contributed by atoms with van der Waals surface area (Å²) in [6.45, 7) is 4.46. The summed E-state index contributed by atoms with van der Waals surface area (Å²) < 4.78 is 2.17. The van der Waals surface area contributed by atoms with Crippen molar-refractivity contribution in [2.45, 2.75) is 75.9 Å². The molecular weight excluding hydrogens is 398 g/mol. The Kier molecular flexibility index (Phi) is 6.74. The molecule has 3 aliphatic rings. The van der Waals surface area contributed by atoms with Crippen LogP contribution in [0.2, 0.25) is 0 Å². The maximum absolute atomic E-state index is 4.63. The Labute approximate surface area is 192 Å². The van der Waals surface area contributed by atoms with Crippen molar-refractivity contribution < 1.29 is 0 Å². The second-order valence-electron chi connectivity index (χ2n) is 10.2. The first-order chi connectivity index (χ1) is 15.7. The van der Waals surface area contributed by atoms with Gasteiger partial charge in [-0.3, -0.25) is 9.80 Å². The molecule has 2 aliphatic carbocycles. The Morgan fingerprint density at radius 2 is 1.44 bits per heavy atom. The van der Waals surface area contributed by atoms with E-state index in [0.717, 1.165) is 38.0 Å². The highest BCUT2D eigenvalue weighted by molar-refractivity contribution is 5.47. The lowest BCUT2D eigenvalue weighted by molar-refractivity contribution is 0.0760. The minimum Gasteiger partial charge on any atom is -0.378 e. The molecule has 1 aromatic heterocycles. The summed E-state index contributed by atoms with van der Waals surface area (Å²) in [6.07, 6.45) is 11.9. The predicted octanol–water partition coefficient (Wildman–Crippen LogP) is 3.89. The van der Waals surface area contributed by atoms with Gasteiger partial charge in [0.1, 0.15) is 0 Å². The van der Waals surface area contributed by atoms with Gasteiger partial charge in [-0.2, -0.15) is 0 Å². The van der Waals surface area contributed by atoms with Crippen LogP contribution in [0.25, 0.3) is 0 Å². The van der Waals surface area contributed by atoms with Crippen molar-refractivity contribution >= 4 is 5.69 Å². The van der Waals surface area contributed by atoms with Crippen LogP contribution in [-0.2, 0) is 0 Å². The molecule has 1 aromatic carbocycles. The lowest BCUT2D eigenvalue weighted by atomic mass is 9.95. The van der Waals surface area contributed by atoms with Gasteiger partial charge < -0.3 is 4.90 Å². The van der Waals surface area contributed by atoms with Crippen LogP contribution < -0.4 is 4.90 Å². The topological polar surface area (TPSA) is 53.3 Å². The number of aromatic nitrogens is 4. The molecule has 2 aromatic rings. The molecule has 174 valence electrons. The molecule has 32 heavy (non-hydrogen) atoms. The lowest BCUT2D eigenvalue weighted by Gasteiger charge is -2.41. The van der Waals surface area contributed by atoms with Crippen LogP contribution in [0.1, 0.15) is 81.3 Å². The van der Waals surface area contributed by atoms with Crippen molar-refractivity contribution in [2.24, 2.45) is 0 Å². The molecule has 0 amide bonds. The van der Waals surface area contributed by atoms with Crippen molar-refractivity contribution in [3.63, 3.8) is 0 Å². The Morgan fingerprint density at radius 1 is 0.812 bits per heavy atom. The van der Waals surface area contributed by atoms with Crippen LogP contribution in [0.4, 0.5) is 5.69 Å². The van der Waals surface area contributed by atoms with E-state index >= 15 is 0 Å². The van der Waals surface area contributed by atoms with Gasteiger partial charge in [0.05, 0.1) is 12.1 Å². The van der Waals surface area contributed by atoms with E-state index in [4.69, 9.17) is 0 Å². The molecule has 0 bridgehead atoms. The first-order valence-electron chi connectivity index (χ1n) is 12.7. The third kappa shape index (κ3) is 4.55. The van der Waals surface area contributed by atoms with Gasteiger partial charge in [0.25, 0.3) is 0 Å². The Morgan fingerprint density at radius 3 is 2.09 bits per heavy atom. The molecule has 0 unspecified atom stereocenters. The van der Waals surface area contributed by atoms with Crippen molar-refractivity contribution in [2.75, 3.05) is 45.2 Å². The fourth-order valence-corrected chi connectivity index (χ4v) is 6.07. The van der Waals surface area contributed by atoms with E-state index in [1.165, 1.54) is 69.0 Å². The Balaban J connectivity index is 1.42. The van der Waals surface area contributed by atoms with E-state index in [-0.39, 0.29) is 6.04 Å². The van der Waals surface area contributed by atoms with Crippen molar-refractivity contribution in [1.82, 2.24) is 30.0 Å². The van der Waals surface area contributed by atoms with Crippen LogP contribution in [0.3, 0.4) is 0 Å². The second kappa shape index (κ2) is 9.87. The number of piperazine rings is 1. The minimum atomic E-state index is 0.119. The van der Waals surface area contributed by atoms with Crippen molar-refractivity contribution in [3.05, 3.63) is 35.7 Å². The van der Waals surface area contributed by atoms with Crippen LogP contribution in [0, 0.1) is 0 Å². The molecule has 2 saturated carbocycles. The standard InChI is InChI=1S/C25H39N7/c1-29(2)21-14-12-20(13-15-21)24(25-26-27-28-32(25)23-10-4-3-5-11-23)31-18-16-30(17-19-31)22-8-6-7-9-22/h12-15,22-24H,3-11,16-19H2,1-2H3/t24-/m0/s1. The summed E-state index contributed by atoms with van der Waals surface area (Å²) in [6, 6.07) is 10.4. The molecule has 5 rings (SSSR count). The van der Waals surface area contributed by atoms with Gasteiger partial charge in [-0.1, -0.05) is 44.2 Å². The van der Waals surface area contributed by atoms with Gasteiger partial charge in [0.2, 0.25) is 0 Å². The molecule has 0 radical (unpaired) electrons. The Bertz CT molecular complexity index is 841. The number of nitrogens with zero attached hydrogens (tertiary/aromatic N) is 7. The maximum atomic E-state index is 4.63. The SMILES string of the molecule is CN(C)c1ccc([C@@H](c2nnnn2C2CCCCC2)N2CCN(C3CCCC3)CC2)cc1. The highest BCUT2D eigenvalue weighted by Gasteiger charge is 2.34.